The van der Waals surface area contributed by atoms with Crippen LogP contribution < -0.4 is 5.32 Å². The Morgan fingerprint density at radius 3 is 2.71 bits per heavy atom. The Kier molecular flexibility index (Phi) is 5.05. The van der Waals surface area contributed by atoms with Crippen molar-refractivity contribution < 1.29 is 14.3 Å². The van der Waals surface area contributed by atoms with Crippen LogP contribution in [0.5, 0.6) is 0 Å². The lowest BCUT2D eigenvalue weighted by Crippen LogP contribution is -2.51. The van der Waals surface area contributed by atoms with Gasteiger partial charge in [0.15, 0.2) is 0 Å². The van der Waals surface area contributed by atoms with E-state index in [-0.39, 0.29) is 17.9 Å². The first-order chi connectivity index (χ1) is 10.1. The van der Waals surface area contributed by atoms with Gasteiger partial charge in [-0.2, -0.15) is 5.26 Å². The van der Waals surface area contributed by atoms with Gasteiger partial charge in [0, 0.05) is 13.1 Å². The minimum absolute atomic E-state index is 0.104. The molecule has 1 aliphatic heterocycles. The van der Waals surface area contributed by atoms with Crippen LogP contribution in [0.3, 0.4) is 0 Å². The number of carbonyl (C=O) groups excluding carboxylic acids is 2. The van der Waals surface area contributed by atoms with E-state index in [9.17, 15) is 14.9 Å². The van der Waals surface area contributed by atoms with E-state index in [1.54, 1.807) is 11.8 Å². The molecule has 6 nitrogen and oxygen atoms in total. The SMILES string of the molecule is CCOC(=O)N1CCCC(C(=O)NC2(C#N)CCCC2)C1. The zero-order valence-corrected chi connectivity index (χ0v) is 12.6. The first-order valence-corrected chi connectivity index (χ1v) is 7.75. The minimum Gasteiger partial charge on any atom is -0.450 e. The Bertz CT molecular complexity index is 438. The summed E-state index contributed by atoms with van der Waals surface area (Å²) in [6.45, 7) is 3.12. The van der Waals surface area contributed by atoms with E-state index in [1.165, 1.54) is 0 Å². The highest BCUT2D eigenvalue weighted by atomic mass is 16.6. The molecule has 1 unspecified atom stereocenters. The first-order valence-electron chi connectivity index (χ1n) is 7.75. The number of piperidine rings is 1. The average molecular weight is 293 g/mol. The van der Waals surface area contributed by atoms with Crippen LogP contribution in [0.1, 0.15) is 45.4 Å². The molecular weight excluding hydrogens is 270 g/mol. The normalized spacial score (nSPS) is 24.2. The maximum Gasteiger partial charge on any atom is 0.409 e. The number of nitrogens with one attached hydrogen (secondary N) is 1. The standard InChI is InChI=1S/C15H23N3O3/c1-2-21-14(20)18-9-5-6-12(10-18)13(19)17-15(11-16)7-3-4-8-15/h12H,2-10H2,1H3,(H,17,19). The molecule has 2 amide bonds. The lowest BCUT2D eigenvalue weighted by atomic mass is 9.94. The number of amides is 2. The third-order valence-electron chi connectivity index (χ3n) is 4.35. The van der Waals surface area contributed by atoms with Crippen molar-refractivity contribution in [1.29, 1.82) is 5.26 Å². The summed E-state index contributed by atoms with van der Waals surface area (Å²) in [4.78, 5) is 25.7. The maximum absolute atomic E-state index is 12.4. The van der Waals surface area contributed by atoms with E-state index in [2.05, 4.69) is 11.4 Å². The molecule has 1 heterocycles. The summed E-state index contributed by atoms with van der Waals surface area (Å²) in [7, 11) is 0. The van der Waals surface area contributed by atoms with Crippen LogP contribution in [0, 0.1) is 17.2 Å². The van der Waals surface area contributed by atoms with Crippen molar-refractivity contribution in [2.75, 3.05) is 19.7 Å². The van der Waals surface area contributed by atoms with E-state index < -0.39 is 5.54 Å². The Balaban J connectivity index is 1.93. The van der Waals surface area contributed by atoms with Gasteiger partial charge in [0.25, 0.3) is 0 Å². The van der Waals surface area contributed by atoms with Crippen LogP contribution >= 0.6 is 0 Å². The van der Waals surface area contributed by atoms with Gasteiger partial charge in [-0.3, -0.25) is 4.79 Å². The Morgan fingerprint density at radius 2 is 2.10 bits per heavy atom. The van der Waals surface area contributed by atoms with E-state index in [0.717, 1.165) is 38.5 Å². The largest absolute Gasteiger partial charge is 0.450 e. The van der Waals surface area contributed by atoms with Crippen molar-refractivity contribution in [3.8, 4) is 6.07 Å². The molecule has 2 aliphatic rings. The predicted molar refractivity (Wildman–Crippen MR) is 76.3 cm³/mol. The summed E-state index contributed by atoms with van der Waals surface area (Å²) < 4.78 is 4.99. The predicted octanol–water partition coefficient (Wildman–Crippen LogP) is 1.81. The molecule has 0 radical (unpaired) electrons. The molecule has 6 heteroatoms. The van der Waals surface area contributed by atoms with Gasteiger partial charge in [-0.15, -0.1) is 0 Å². The summed E-state index contributed by atoms with van der Waals surface area (Å²) >= 11 is 0. The number of hydrogen-bond donors (Lipinski definition) is 1. The van der Waals surface area contributed by atoms with Crippen molar-refractivity contribution in [3.63, 3.8) is 0 Å². The molecule has 1 aliphatic carbocycles. The van der Waals surface area contributed by atoms with E-state index in [1.807, 2.05) is 0 Å². The number of ether oxygens (including phenoxy) is 1. The average Bonchev–Trinajstić information content (AvgIpc) is 2.96. The number of carbonyl (C=O) groups is 2. The van der Waals surface area contributed by atoms with Gasteiger partial charge in [0.1, 0.15) is 5.54 Å². The fraction of sp³-hybridized carbons (Fsp3) is 0.800. The van der Waals surface area contributed by atoms with Crippen LogP contribution in [-0.2, 0) is 9.53 Å². The Labute approximate surface area is 125 Å². The molecule has 1 N–H and O–H groups in total. The Morgan fingerprint density at radius 1 is 1.38 bits per heavy atom. The van der Waals surface area contributed by atoms with E-state index >= 15 is 0 Å². The molecule has 1 atom stereocenters. The van der Waals surface area contributed by atoms with Gasteiger partial charge >= 0.3 is 6.09 Å². The maximum atomic E-state index is 12.4. The molecule has 2 rings (SSSR count). The lowest BCUT2D eigenvalue weighted by Gasteiger charge is -2.33. The van der Waals surface area contributed by atoms with Gasteiger partial charge in [-0.05, 0) is 45.4 Å². The summed E-state index contributed by atoms with van der Waals surface area (Å²) in [6, 6.07) is 2.26. The van der Waals surface area contributed by atoms with Crippen LogP contribution in [0.4, 0.5) is 4.79 Å². The summed E-state index contributed by atoms with van der Waals surface area (Å²) in [6.07, 6.45) is 4.60. The zero-order valence-electron chi connectivity index (χ0n) is 12.6. The summed E-state index contributed by atoms with van der Waals surface area (Å²) in [5.74, 6) is -0.346. The summed E-state index contributed by atoms with van der Waals surface area (Å²) in [5, 5.41) is 12.2. The van der Waals surface area contributed by atoms with E-state index in [0.29, 0.717) is 19.7 Å². The fourth-order valence-corrected chi connectivity index (χ4v) is 3.15. The smallest absolute Gasteiger partial charge is 0.409 e. The lowest BCUT2D eigenvalue weighted by molar-refractivity contribution is -0.127. The second-order valence-corrected chi connectivity index (χ2v) is 5.87. The molecular formula is C15H23N3O3. The van der Waals surface area contributed by atoms with Crippen LogP contribution in [0.25, 0.3) is 0 Å². The molecule has 21 heavy (non-hydrogen) atoms. The molecule has 0 aromatic carbocycles. The highest BCUT2D eigenvalue weighted by molar-refractivity contribution is 5.81. The molecule has 116 valence electrons. The molecule has 0 aromatic heterocycles. The molecule has 1 saturated heterocycles. The van der Waals surface area contributed by atoms with Gasteiger partial charge < -0.3 is 15.0 Å². The van der Waals surface area contributed by atoms with Gasteiger partial charge in [-0.1, -0.05) is 0 Å². The third kappa shape index (κ3) is 3.66. The number of hydrogen-bond acceptors (Lipinski definition) is 4. The van der Waals surface area contributed by atoms with Crippen molar-refractivity contribution in [2.24, 2.45) is 5.92 Å². The zero-order chi connectivity index (χ0) is 15.3. The van der Waals surface area contributed by atoms with Crippen LogP contribution in [0.2, 0.25) is 0 Å². The first kappa shape index (κ1) is 15.6. The Hall–Kier alpha value is -1.77. The third-order valence-corrected chi connectivity index (χ3v) is 4.35. The van der Waals surface area contributed by atoms with Crippen LogP contribution in [0.15, 0.2) is 0 Å². The monoisotopic (exact) mass is 293 g/mol. The minimum atomic E-state index is -0.691. The number of nitriles is 1. The molecule has 2 fully saturated rings. The quantitative estimate of drug-likeness (QED) is 0.860. The van der Waals surface area contributed by atoms with Gasteiger partial charge in [-0.25, -0.2) is 4.79 Å². The molecule has 0 spiro atoms. The summed E-state index contributed by atoms with van der Waals surface area (Å²) in [5.41, 5.74) is -0.691. The molecule has 1 saturated carbocycles. The van der Waals surface area contributed by atoms with Crippen molar-refractivity contribution in [3.05, 3.63) is 0 Å². The molecule has 0 aromatic rings. The number of nitrogens with zero attached hydrogens (tertiary/aromatic N) is 2. The number of rotatable bonds is 3. The van der Waals surface area contributed by atoms with Gasteiger partial charge in [0.2, 0.25) is 5.91 Å². The fourth-order valence-electron chi connectivity index (χ4n) is 3.15. The van der Waals surface area contributed by atoms with Crippen LogP contribution in [-0.4, -0.2) is 42.1 Å². The number of likely N-dealkylation sites (tertiary alicyclic amines) is 1. The van der Waals surface area contributed by atoms with Crippen molar-refractivity contribution >= 4 is 12.0 Å². The second kappa shape index (κ2) is 6.79. The topological polar surface area (TPSA) is 82.4 Å². The van der Waals surface area contributed by atoms with Gasteiger partial charge in [0.05, 0.1) is 18.6 Å². The van der Waals surface area contributed by atoms with Crippen molar-refractivity contribution in [1.82, 2.24) is 10.2 Å². The van der Waals surface area contributed by atoms with Crippen molar-refractivity contribution in [2.45, 2.75) is 51.0 Å². The van der Waals surface area contributed by atoms with E-state index in [4.69, 9.17) is 4.74 Å². The molecule has 0 bridgehead atoms. The second-order valence-electron chi connectivity index (χ2n) is 5.87. The highest BCUT2D eigenvalue weighted by Gasteiger charge is 2.38. The highest BCUT2D eigenvalue weighted by Crippen LogP contribution is 2.30.